The first-order valence-electron chi connectivity index (χ1n) is 8.82. The highest BCUT2D eigenvalue weighted by atomic mass is 16.6. The number of ether oxygens (including phenoxy) is 1. The molecule has 7 nitrogen and oxygen atoms in total. The minimum absolute atomic E-state index is 0.0712. The maximum Gasteiger partial charge on any atom is 0.409 e. The summed E-state index contributed by atoms with van der Waals surface area (Å²) < 4.78 is 5.01. The van der Waals surface area contributed by atoms with E-state index in [1.807, 2.05) is 19.1 Å². The number of aryl methyl sites for hydroxylation is 1. The van der Waals surface area contributed by atoms with Crippen molar-refractivity contribution in [3.8, 4) is 0 Å². The van der Waals surface area contributed by atoms with E-state index in [1.54, 1.807) is 17.9 Å². The van der Waals surface area contributed by atoms with Crippen LogP contribution in [0.25, 0.3) is 11.0 Å². The number of nitrogens with one attached hydrogen (secondary N) is 2. The Balaban J connectivity index is 1.58. The summed E-state index contributed by atoms with van der Waals surface area (Å²) in [6.07, 6.45) is 2.02. The molecule has 25 heavy (non-hydrogen) atoms. The number of piperidine rings is 1. The second-order valence-corrected chi connectivity index (χ2v) is 6.20. The summed E-state index contributed by atoms with van der Waals surface area (Å²) in [7, 11) is 0. The number of benzene rings is 1. The van der Waals surface area contributed by atoms with Crippen molar-refractivity contribution in [1.29, 1.82) is 0 Å². The molecule has 0 unspecified atom stereocenters. The minimum Gasteiger partial charge on any atom is -0.450 e. The van der Waals surface area contributed by atoms with Gasteiger partial charge in [-0.15, -0.1) is 0 Å². The number of rotatable bonds is 4. The number of amides is 2. The number of likely N-dealkylation sites (tertiary alicyclic amines) is 1. The SMILES string of the molecule is CCOC(=O)N1CCC(NC(=O)c2ccc3nc(CC)[nH]c3c2)CC1. The molecular formula is C18H24N4O3. The Kier molecular flexibility index (Phi) is 5.21. The minimum atomic E-state index is -0.274. The van der Waals surface area contributed by atoms with Crippen molar-refractivity contribution in [1.82, 2.24) is 20.2 Å². The van der Waals surface area contributed by atoms with Gasteiger partial charge in [0.25, 0.3) is 5.91 Å². The van der Waals surface area contributed by atoms with Crippen LogP contribution in [0.5, 0.6) is 0 Å². The monoisotopic (exact) mass is 344 g/mol. The molecule has 1 aliphatic rings. The molecule has 0 spiro atoms. The zero-order valence-electron chi connectivity index (χ0n) is 14.7. The third-order valence-corrected chi connectivity index (χ3v) is 4.48. The van der Waals surface area contributed by atoms with Crippen LogP contribution in [0.4, 0.5) is 4.79 Å². The number of aromatic amines is 1. The van der Waals surface area contributed by atoms with E-state index >= 15 is 0 Å². The van der Waals surface area contributed by atoms with Crippen molar-refractivity contribution in [2.75, 3.05) is 19.7 Å². The number of H-pyrrole nitrogens is 1. The third kappa shape index (κ3) is 3.92. The molecule has 1 aromatic carbocycles. The summed E-state index contributed by atoms with van der Waals surface area (Å²) in [6, 6.07) is 5.57. The van der Waals surface area contributed by atoms with E-state index in [2.05, 4.69) is 15.3 Å². The number of nitrogens with zero attached hydrogens (tertiary/aromatic N) is 2. The van der Waals surface area contributed by atoms with Gasteiger partial charge in [0.15, 0.2) is 0 Å². The Morgan fingerprint density at radius 2 is 2.08 bits per heavy atom. The number of hydrogen-bond donors (Lipinski definition) is 2. The highest BCUT2D eigenvalue weighted by molar-refractivity contribution is 5.97. The van der Waals surface area contributed by atoms with Crippen LogP contribution in [-0.2, 0) is 11.2 Å². The van der Waals surface area contributed by atoms with Gasteiger partial charge in [0, 0.05) is 31.1 Å². The number of hydrogen-bond acceptors (Lipinski definition) is 4. The Hall–Kier alpha value is -2.57. The van der Waals surface area contributed by atoms with Crippen molar-refractivity contribution < 1.29 is 14.3 Å². The van der Waals surface area contributed by atoms with Crippen molar-refractivity contribution in [3.63, 3.8) is 0 Å². The molecule has 7 heteroatoms. The molecule has 2 amide bonds. The van der Waals surface area contributed by atoms with Crippen molar-refractivity contribution in [2.24, 2.45) is 0 Å². The fourth-order valence-corrected chi connectivity index (χ4v) is 3.06. The summed E-state index contributed by atoms with van der Waals surface area (Å²) in [4.78, 5) is 33.6. The van der Waals surface area contributed by atoms with Crippen LogP contribution >= 0.6 is 0 Å². The first kappa shape index (κ1) is 17.3. The molecule has 134 valence electrons. The van der Waals surface area contributed by atoms with E-state index in [4.69, 9.17) is 4.74 Å². The highest BCUT2D eigenvalue weighted by Crippen LogP contribution is 2.16. The fourth-order valence-electron chi connectivity index (χ4n) is 3.06. The molecule has 0 radical (unpaired) electrons. The number of carbonyl (C=O) groups is 2. The molecule has 1 aliphatic heterocycles. The quantitative estimate of drug-likeness (QED) is 0.892. The summed E-state index contributed by atoms with van der Waals surface area (Å²) >= 11 is 0. The van der Waals surface area contributed by atoms with Gasteiger partial charge in [0.2, 0.25) is 0 Å². The fraction of sp³-hybridized carbons (Fsp3) is 0.500. The van der Waals surface area contributed by atoms with Gasteiger partial charge in [-0.1, -0.05) is 6.92 Å². The summed E-state index contributed by atoms with van der Waals surface area (Å²) in [6.45, 7) is 5.41. The molecule has 2 heterocycles. The Bertz CT molecular complexity index is 763. The molecular weight excluding hydrogens is 320 g/mol. The number of carbonyl (C=O) groups excluding carboxylic acids is 2. The van der Waals surface area contributed by atoms with E-state index in [9.17, 15) is 9.59 Å². The number of fused-ring (bicyclic) bond motifs is 1. The van der Waals surface area contributed by atoms with Crippen molar-refractivity contribution in [3.05, 3.63) is 29.6 Å². The average Bonchev–Trinajstić information content (AvgIpc) is 3.04. The molecule has 0 atom stereocenters. The second-order valence-electron chi connectivity index (χ2n) is 6.20. The molecule has 3 rings (SSSR count). The largest absolute Gasteiger partial charge is 0.450 e. The molecule has 2 aromatic rings. The molecule has 0 bridgehead atoms. The van der Waals surface area contributed by atoms with Crippen LogP contribution in [0.3, 0.4) is 0 Å². The Morgan fingerprint density at radius 3 is 2.76 bits per heavy atom. The van der Waals surface area contributed by atoms with Crippen LogP contribution in [0.1, 0.15) is 42.9 Å². The predicted octanol–water partition coefficient (Wildman–Crippen LogP) is 2.48. The van der Waals surface area contributed by atoms with E-state index in [0.717, 1.165) is 36.1 Å². The summed E-state index contributed by atoms with van der Waals surface area (Å²) in [5.74, 6) is 0.822. The number of imidazole rings is 1. The van der Waals surface area contributed by atoms with Gasteiger partial charge in [-0.3, -0.25) is 4.79 Å². The Morgan fingerprint density at radius 1 is 1.32 bits per heavy atom. The van der Waals surface area contributed by atoms with Gasteiger partial charge < -0.3 is 19.9 Å². The zero-order chi connectivity index (χ0) is 17.8. The van der Waals surface area contributed by atoms with Gasteiger partial charge in [0.1, 0.15) is 5.82 Å². The number of aromatic nitrogens is 2. The molecule has 2 N–H and O–H groups in total. The lowest BCUT2D eigenvalue weighted by molar-refractivity contribution is 0.0860. The van der Waals surface area contributed by atoms with Gasteiger partial charge in [-0.05, 0) is 38.0 Å². The molecule has 1 aromatic heterocycles. The lowest BCUT2D eigenvalue weighted by atomic mass is 10.0. The Labute approximate surface area is 146 Å². The van der Waals surface area contributed by atoms with Crippen LogP contribution in [-0.4, -0.2) is 52.6 Å². The van der Waals surface area contributed by atoms with E-state index in [0.29, 0.717) is 25.3 Å². The average molecular weight is 344 g/mol. The smallest absolute Gasteiger partial charge is 0.409 e. The van der Waals surface area contributed by atoms with Crippen LogP contribution < -0.4 is 5.32 Å². The lowest BCUT2D eigenvalue weighted by Gasteiger charge is -2.31. The predicted molar refractivity (Wildman–Crippen MR) is 94.6 cm³/mol. The maximum atomic E-state index is 12.5. The first-order chi connectivity index (χ1) is 12.1. The van der Waals surface area contributed by atoms with Crippen molar-refractivity contribution >= 4 is 23.0 Å². The lowest BCUT2D eigenvalue weighted by Crippen LogP contribution is -2.46. The molecule has 0 aliphatic carbocycles. The molecule has 0 saturated carbocycles. The first-order valence-corrected chi connectivity index (χ1v) is 8.82. The van der Waals surface area contributed by atoms with E-state index < -0.39 is 0 Å². The van der Waals surface area contributed by atoms with Gasteiger partial charge in [0.05, 0.1) is 17.6 Å². The van der Waals surface area contributed by atoms with Crippen LogP contribution in [0.15, 0.2) is 18.2 Å². The standard InChI is InChI=1S/C18H24N4O3/c1-3-16-20-14-6-5-12(11-15(14)21-16)17(23)19-13-7-9-22(10-8-13)18(24)25-4-2/h5-6,11,13H,3-4,7-10H2,1-2H3,(H,19,23)(H,20,21). The van der Waals surface area contributed by atoms with E-state index in [1.165, 1.54) is 0 Å². The van der Waals surface area contributed by atoms with Crippen molar-refractivity contribution in [2.45, 2.75) is 39.2 Å². The molecule has 1 fully saturated rings. The summed E-state index contributed by atoms with van der Waals surface area (Å²) in [5.41, 5.74) is 2.37. The van der Waals surface area contributed by atoms with Crippen LogP contribution in [0.2, 0.25) is 0 Å². The normalized spacial score (nSPS) is 15.4. The van der Waals surface area contributed by atoms with Crippen LogP contribution in [0, 0.1) is 0 Å². The molecule has 1 saturated heterocycles. The van der Waals surface area contributed by atoms with Gasteiger partial charge >= 0.3 is 6.09 Å². The topological polar surface area (TPSA) is 87.3 Å². The van der Waals surface area contributed by atoms with Gasteiger partial charge in [-0.25, -0.2) is 9.78 Å². The summed E-state index contributed by atoms with van der Waals surface area (Å²) in [5, 5.41) is 3.06. The third-order valence-electron chi connectivity index (χ3n) is 4.48. The maximum absolute atomic E-state index is 12.5. The van der Waals surface area contributed by atoms with E-state index in [-0.39, 0.29) is 18.0 Å². The second kappa shape index (κ2) is 7.55. The van der Waals surface area contributed by atoms with Gasteiger partial charge in [-0.2, -0.15) is 0 Å². The zero-order valence-corrected chi connectivity index (χ0v) is 14.7. The highest BCUT2D eigenvalue weighted by Gasteiger charge is 2.24.